The number of halogens is 4. The van der Waals surface area contributed by atoms with Crippen LogP contribution in [0.25, 0.3) is 0 Å². The minimum atomic E-state index is -0.901. The number of amides is 1. The van der Waals surface area contributed by atoms with Crippen LogP contribution < -0.4 is 5.32 Å². The number of hydrogen-bond acceptors (Lipinski definition) is 3. The number of carbonyl (C=O) groups is 1. The van der Waals surface area contributed by atoms with E-state index in [2.05, 4.69) is 10.5 Å². The van der Waals surface area contributed by atoms with E-state index in [1.165, 1.54) is 18.2 Å². The summed E-state index contributed by atoms with van der Waals surface area (Å²) in [5.74, 6) is -0.975. The first-order valence-electron chi connectivity index (χ1n) is 6.88. The quantitative estimate of drug-likeness (QED) is 0.813. The van der Waals surface area contributed by atoms with Gasteiger partial charge in [0.1, 0.15) is 5.82 Å². The standard InChI is InChI=1S/C16H10Cl3FN2O2/c17-8-4-5-12(10(19)6-8)21-16(23)14-7-13(22-24-14)15-9(18)2-1-3-11(15)20/h1-6,14H,7H2,(H,21,23). The summed E-state index contributed by atoms with van der Waals surface area (Å²) < 4.78 is 13.9. The number of carbonyl (C=O) groups excluding carboxylic acids is 1. The molecule has 0 fully saturated rings. The largest absolute Gasteiger partial charge is 0.382 e. The van der Waals surface area contributed by atoms with Crippen LogP contribution in [-0.2, 0) is 9.63 Å². The molecule has 0 bridgehead atoms. The third-order valence-electron chi connectivity index (χ3n) is 3.40. The van der Waals surface area contributed by atoms with E-state index >= 15 is 0 Å². The summed E-state index contributed by atoms with van der Waals surface area (Å²) in [6, 6.07) is 8.99. The highest BCUT2D eigenvalue weighted by atomic mass is 35.5. The van der Waals surface area contributed by atoms with Crippen molar-refractivity contribution in [3.8, 4) is 0 Å². The van der Waals surface area contributed by atoms with Crippen LogP contribution in [0.4, 0.5) is 10.1 Å². The van der Waals surface area contributed by atoms with Gasteiger partial charge in [0.15, 0.2) is 0 Å². The average Bonchev–Trinajstić information content (AvgIpc) is 2.99. The van der Waals surface area contributed by atoms with Crippen LogP contribution in [0.3, 0.4) is 0 Å². The summed E-state index contributed by atoms with van der Waals surface area (Å²) in [6.07, 6.45) is -0.806. The molecule has 1 aliphatic heterocycles. The smallest absolute Gasteiger partial charge is 0.268 e. The number of nitrogens with zero attached hydrogens (tertiary/aromatic N) is 1. The van der Waals surface area contributed by atoms with Crippen molar-refractivity contribution < 1.29 is 14.0 Å². The van der Waals surface area contributed by atoms with Crippen LogP contribution in [0.15, 0.2) is 41.6 Å². The van der Waals surface area contributed by atoms with E-state index in [9.17, 15) is 9.18 Å². The number of hydrogen-bond donors (Lipinski definition) is 1. The Hall–Kier alpha value is -1.82. The van der Waals surface area contributed by atoms with Gasteiger partial charge < -0.3 is 10.2 Å². The second-order valence-electron chi connectivity index (χ2n) is 5.05. The molecule has 0 radical (unpaired) electrons. The Morgan fingerprint density at radius 2 is 2.00 bits per heavy atom. The normalized spacial score (nSPS) is 16.5. The first-order chi connectivity index (χ1) is 11.5. The van der Waals surface area contributed by atoms with Crippen LogP contribution in [0.2, 0.25) is 15.1 Å². The van der Waals surface area contributed by atoms with Crippen molar-refractivity contribution in [1.82, 2.24) is 0 Å². The van der Waals surface area contributed by atoms with Gasteiger partial charge in [-0.05, 0) is 30.3 Å². The fraction of sp³-hybridized carbons (Fsp3) is 0.125. The Balaban J connectivity index is 1.71. The van der Waals surface area contributed by atoms with Gasteiger partial charge in [-0.25, -0.2) is 4.39 Å². The van der Waals surface area contributed by atoms with E-state index in [1.807, 2.05) is 0 Å². The topological polar surface area (TPSA) is 50.7 Å². The molecule has 1 N–H and O–H groups in total. The molecule has 0 saturated carbocycles. The van der Waals surface area contributed by atoms with E-state index in [4.69, 9.17) is 39.6 Å². The highest BCUT2D eigenvalue weighted by Crippen LogP contribution is 2.28. The van der Waals surface area contributed by atoms with Gasteiger partial charge in [0.25, 0.3) is 5.91 Å². The molecule has 1 heterocycles. The second-order valence-corrected chi connectivity index (χ2v) is 6.30. The van der Waals surface area contributed by atoms with Gasteiger partial charge in [-0.1, -0.05) is 46.0 Å². The van der Waals surface area contributed by atoms with E-state index in [-0.39, 0.29) is 22.7 Å². The maximum absolute atomic E-state index is 13.9. The fourth-order valence-corrected chi connectivity index (χ4v) is 2.97. The van der Waals surface area contributed by atoms with Crippen LogP contribution in [0, 0.1) is 5.82 Å². The number of oxime groups is 1. The molecule has 0 aromatic heterocycles. The van der Waals surface area contributed by atoms with E-state index < -0.39 is 17.8 Å². The summed E-state index contributed by atoms with van der Waals surface area (Å²) in [6.45, 7) is 0. The van der Waals surface area contributed by atoms with Gasteiger partial charge in [-0.3, -0.25) is 4.79 Å². The predicted octanol–water partition coefficient (Wildman–Crippen LogP) is 4.92. The molecule has 1 amide bonds. The average molecular weight is 388 g/mol. The lowest BCUT2D eigenvalue weighted by atomic mass is 10.0. The van der Waals surface area contributed by atoms with Crippen LogP contribution in [-0.4, -0.2) is 17.7 Å². The lowest BCUT2D eigenvalue weighted by Gasteiger charge is -2.11. The summed E-state index contributed by atoms with van der Waals surface area (Å²) >= 11 is 17.8. The maximum atomic E-state index is 13.9. The Morgan fingerprint density at radius 3 is 2.71 bits per heavy atom. The van der Waals surface area contributed by atoms with E-state index in [0.717, 1.165) is 0 Å². The van der Waals surface area contributed by atoms with Gasteiger partial charge >= 0.3 is 0 Å². The highest BCUT2D eigenvalue weighted by Gasteiger charge is 2.31. The molecule has 2 aromatic rings. The van der Waals surface area contributed by atoms with Crippen LogP contribution in [0.5, 0.6) is 0 Å². The third kappa shape index (κ3) is 3.48. The van der Waals surface area contributed by atoms with Crippen molar-refractivity contribution in [2.45, 2.75) is 12.5 Å². The third-order valence-corrected chi connectivity index (χ3v) is 4.26. The number of rotatable bonds is 3. The molecule has 124 valence electrons. The minimum absolute atomic E-state index is 0.0949. The Kier molecular flexibility index (Phi) is 4.94. The number of nitrogens with one attached hydrogen (secondary N) is 1. The second kappa shape index (κ2) is 6.97. The van der Waals surface area contributed by atoms with Crippen molar-refractivity contribution in [2.75, 3.05) is 5.32 Å². The maximum Gasteiger partial charge on any atom is 0.268 e. The zero-order valence-electron chi connectivity index (χ0n) is 12.0. The Morgan fingerprint density at radius 1 is 1.21 bits per heavy atom. The highest BCUT2D eigenvalue weighted by molar-refractivity contribution is 6.37. The lowest BCUT2D eigenvalue weighted by molar-refractivity contribution is -0.125. The summed E-state index contributed by atoms with van der Waals surface area (Å²) in [5.41, 5.74) is 0.812. The Labute approximate surface area is 152 Å². The molecule has 0 spiro atoms. The molecule has 1 unspecified atom stereocenters. The van der Waals surface area contributed by atoms with Gasteiger partial charge in [0, 0.05) is 11.4 Å². The molecule has 2 aromatic carbocycles. The number of anilines is 1. The summed E-state index contributed by atoms with van der Waals surface area (Å²) in [5, 5.41) is 7.37. The summed E-state index contributed by atoms with van der Waals surface area (Å²) in [7, 11) is 0. The van der Waals surface area contributed by atoms with Crippen molar-refractivity contribution in [2.24, 2.45) is 5.16 Å². The van der Waals surface area contributed by atoms with Crippen molar-refractivity contribution >= 4 is 52.1 Å². The lowest BCUT2D eigenvalue weighted by Crippen LogP contribution is -2.28. The zero-order valence-corrected chi connectivity index (χ0v) is 14.3. The molecule has 0 aliphatic carbocycles. The van der Waals surface area contributed by atoms with Crippen molar-refractivity contribution in [3.05, 3.63) is 62.8 Å². The first-order valence-corrected chi connectivity index (χ1v) is 8.02. The molecule has 1 atom stereocenters. The number of benzene rings is 2. The fourth-order valence-electron chi connectivity index (χ4n) is 2.24. The van der Waals surface area contributed by atoms with Gasteiger partial charge in [-0.2, -0.15) is 0 Å². The summed E-state index contributed by atoms with van der Waals surface area (Å²) in [4.78, 5) is 17.4. The van der Waals surface area contributed by atoms with Gasteiger partial charge in [0.05, 0.1) is 27.0 Å². The molecule has 1 aliphatic rings. The molecule has 0 saturated heterocycles. The minimum Gasteiger partial charge on any atom is -0.382 e. The molecular formula is C16H10Cl3FN2O2. The predicted molar refractivity (Wildman–Crippen MR) is 92.5 cm³/mol. The van der Waals surface area contributed by atoms with Gasteiger partial charge in [-0.15, -0.1) is 0 Å². The molecular weight excluding hydrogens is 378 g/mol. The Bertz CT molecular complexity index is 822. The van der Waals surface area contributed by atoms with E-state index in [1.54, 1.807) is 18.2 Å². The van der Waals surface area contributed by atoms with Crippen molar-refractivity contribution in [3.63, 3.8) is 0 Å². The monoisotopic (exact) mass is 386 g/mol. The van der Waals surface area contributed by atoms with Crippen LogP contribution in [0.1, 0.15) is 12.0 Å². The molecule has 8 heteroatoms. The molecule has 3 rings (SSSR count). The van der Waals surface area contributed by atoms with Gasteiger partial charge in [0.2, 0.25) is 6.10 Å². The SMILES string of the molecule is O=C(Nc1ccc(Cl)cc1Cl)C1CC(c2c(F)cccc2Cl)=NO1. The molecule has 24 heavy (non-hydrogen) atoms. The first kappa shape index (κ1) is 17.0. The van der Waals surface area contributed by atoms with Crippen LogP contribution >= 0.6 is 34.8 Å². The van der Waals surface area contributed by atoms with E-state index in [0.29, 0.717) is 15.7 Å². The van der Waals surface area contributed by atoms with Crippen molar-refractivity contribution in [1.29, 1.82) is 0 Å². The molecule has 4 nitrogen and oxygen atoms in total. The zero-order chi connectivity index (χ0) is 17.3.